The van der Waals surface area contributed by atoms with Crippen LogP contribution in [0.3, 0.4) is 0 Å². The summed E-state index contributed by atoms with van der Waals surface area (Å²) in [4.78, 5) is 0. The molecule has 2 heterocycles. The molecule has 74 valence electrons. The highest BCUT2D eigenvalue weighted by molar-refractivity contribution is 7.09. The van der Waals surface area contributed by atoms with Crippen molar-refractivity contribution in [1.82, 2.24) is 19.4 Å². The fraction of sp³-hybridized carbons (Fsp3) is 0.375. The van der Waals surface area contributed by atoms with Gasteiger partial charge >= 0.3 is 0 Å². The molecule has 6 heteroatoms. The molecule has 0 radical (unpaired) electrons. The molecule has 0 atom stereocenters. The van der Waals surface area contributed by atoms with Gasteiger partial charge in [-0.15, -0.1) is 5.10 Å². The van der Waals surface area contributed by atoms with Crippen LogP contribution >= 0.6 is 11.5 Å². The maximum atomic E-state index is 4.18. The van der Waals surface area contributed by atoms with Crippen molar-refractivity contribution in [3.05, 3.63) is 24.2 Å². The Morgan fingerprint density at radius 2 is 2.50 bits per heavy atom. The van der Waals surface area contributed by atoms with Crippen LogP contribution in [0.5, 0.6) is 0 Å². The van der Waals surface area contributed by atoms with Crippen LogP contribution in [0.1, 0.15) is 12.6 Å². The maximum absolute atomic E-state index is 4.18. The van der Waals surface area contributed by atoms with Gasteiger partial charge < -0.3 is 5.32 Å². The van der Waals surface area contributed by atoms with Crippen molar-refractivity contribution in [1.29, 1.82) is 0 Å². The smallest absolute Gasteiger partial charge is 0.130 e. The SMILES string of the molecule is CCn1nccc1CNc1cnns1. The van der Waals surface area contributed by atoms with Crippen molar-refractivity contribution in [2.45, 2.75) is 20.0 Å². The summed E-state index contributed by atoms with van der Waals surface area (Å²) in [5.74, 6) is 0. The second kappa shape index (κ2) is 4.19. The van der Waals surface area contributed by atoms with Crippen molar-refractivity contribution < 1.29 is 0 Å². The van der Waals surface area contributed by atoms with Gasteiger partial charge in [-0.2, -0.15) is 5.10 Å². The summed E-state index contributed by atoms with van der Waals surface area (Å²) in [5.41, 5.74) is 1.17. The minimum Gasteiger partial charge on any atom is -0.369 e. The molecule has 5 nitrogen and oxygen atoms in total. The Balaban J connectivity index is 1.98. The third-order valence-electron chi connectivity index (χ3n) is 1.91. The van der Waals surface area contributed by atoms with Crippen molar-refractivity contribution in [2.24, 2.45) is 0 Å². The van der Waals surface area contributed by atoms with Gasteiger partial charge in [-0.25, -0.2) is 0 Å². The zero-order valence-electron chi connectivity index (χ0n) is 7.84. The predicted molar refractivity (Wildman–Crippen MR) is 55.1 cm³/mol. The van der Waals surface area contributed by atoms with Crippen molar-refractivity contribution in [3.63, 3.8) is 0 Å². The Labute approximate surface area is 85.9 Å². The van der Waals surface area contributed by atoms with E-state index >= 15 is 0 Å². The fourth-order valence-corrected chi connectivity index (χ4v) is 1.63. The van der Waals surface area contributed by atoms with Gasteiger partial charge in [-0.05, 0) is 13.0 Å². The van der Waals surface area contributed by atoms with E-state index in [1.165, 1.54) is 17.2 Å². The lowest BCUT2D eigenvalue weighted by molar-refractivity contribution is 0.628. The van der Waals surface area contributed by atoms with Gasteiger partial charge in [0, 0.05) is 24.3 Å². The molecule has 1 N–H and O–H groups in total. The first-order valence-electron chi connectivity index (χ1n) is 4.42. The number of nitrogens with one attached hydrogen (secondary N) is 1. The third kappa shape index (κ3) is 1.90. The van der Waals surface area contributed by atoms with Gasteiger partial charge in [0.05, 0.1) is 18.4 Å². The second-order valence-corrected chi connectivity index (χ2v) is 3.56. The standard InChI is InChI=1S/C8H11N5S/c1-2-13-7(3-4-11-13)5-9-8-6-10-12-14-8/h3-4,6,9H,2,5H2,1H3. The summed E-state index contributed by atoms with van der Waals surface area (Å²) in [6.07, 6.45) is 3.53. The average Bonchev–Trinajstić information content (AvgIpc) is 2.85. The number of aryl methyl sites for hydroxylation is 1. The molecule has 0 amide bonds. The number of nitrogens with zero attached hydrogens (tertiary/aromatic N) is 4. The molecule has 0 spiro atoms. The number of aromatic nitrogens is 4. The maximum Gasteiger partial charge on any atom is 0.130 e. The van der Waals surface area contributed by atoms with Gasteiger partial charge in [-0.3, -0.25) is 4.68 Å². The summed E-state index contributed by atoms with van der Waals surface area (Å²) in [5, 5.41) is 12.1. The number of anilines is 1. The number of hydrogen-bond acceptors (Lipinski definition) is 5. The van der Waals surface area contributed by atoms with Gasteiger partial charge in [0.1, 0.15) is 5.00 Å². The highest BCUT2D eigenvalue weighted by Crippen LogP contribution is 2.11. The van der Waals surface area contributed by atoms with E-state index in [0.29, 0.717) is 0 Å². The van der Waals surface area contributed by atoms with E-state index in [-0.39, 0.29) is 0 Å². The average molecular weight is 209 g/mol. The van der Waals surface area contributed by atoms with E-state index in [1.54, 1.807) is 6.20 Å². The highest BCUT2D eigenvalue weighted by atomic mass is 32.1. The first-order valence-corrected chi connectivity index (χ1v) is 5.19. The van der Waals surface area contributed by atoms with Crippen LogP contribution in [-0.2, 0) is 13.1 Å². The Hall–Kier alpha value is -1.43. The molecule has 0 saturated heterocycles. The van der Waals surface area contributed by atoms with Crippen LogP contribution in [0.15, 0.2) is 18.5 Å². The van der Waals surface area contributed by atoms with Gasteiger partial charge in [0.25, 0.3) is 0 Å². The first kappa shape index (κ1) is 9.14. The predicted octanol–water partition coefficient (Wildman–Crippen LogP) is 1.37. The Kier molecular flexibility index (Phi) is 2.73. The van der Waals surface area contributed by atoms with Crippen LogP contribution in [0.2, 0.25) is 0 Å². The molecule has 0 unspecified atom stereocenters. The lowest BCUT2D eigenvalue weighted by Gasteiger charge is -2.04. The molecule has 0 aliphatic rings. The third-order valence-corrected chi connectivity index (χ3v) is 2.53. The zero-order chi connectivity index (χ0) is 9.80. The van der Waals surface area contributed by atoms with E-state index in [9.17, 15) is 0 Å². The van der Waals surface area contributed by atoms with Crippen molar-refractivity contribution >= 4 is 16.5 Å². The second-order valence-electron chi connectivity index (χ2n) is 2.77. The summed E-state index contributed by atoms with van der Waals surface area (Å²) >= 11 is 1.36. The molecule has 0 fully saturated rings. The largest absolute Gasteiger partial charge is 0.369 e. The molecular weight excluding hydrogens is 198 g/mol. The summed E-state index contributed by atoms with van der Waals surface area (Å²) in [7, 11) is 0. The van der Waals surface area contributed by atoms with Crippen LogP contribution < -0.4 is 5.32 Å². The molecule has 0 saturated carbocycles. The number of rotatable bonds is 4. The molecule has 14 heavy (non-hydrogen) atoms. The molecule has 2 rings (SSSR count). The van der Waals surface area contributed by atoms with Crippen LogP contribution in [0, 0.1) is 0 Å². The molecule has 0 aliphatic heterocycles. The quantitative estimate of drug-likeness (QED) is 0.826. The fourth-order valence-electron chi connectivity index (χ4n) is 1.22. The topological polar surface area (TPSA) is 55.6 Å². The molecule has 0 aliphatic carbocycles. The number of hydrogen-bond donors (Lipinski definition) is 1. The monoisotopic (exact) mass is 209 g/mol. The van der Waals surface area contributed by atoms with Gasteiger partial charge in [-0.1, -0.05) is 4.49 Å². The zero-order valence-corrected chi connectivity index (χ0v) is 8.66. The molecule has 0 bridgehead atoms. The lowest BCUT2D eigenvalue weighted by atomic mass is 10.4. The summed E-state index contributed by atoms with van der Waals surface area (Å²) in [6.45, 7) is 3.73. The van der Waals surface area contributed by atoms with Crippen LogP contribution in [-0.4, -0.2) is 19.4 Å². The van der Waals surface area contributed by atoms with Crippen LogP contribution in [0.4, 0.5) is 5.00 Å². The highest BCUT2D eigenvalue weighted by Gasteiger charge is 2.00. The molecule has 2 aromatic rings. The van der Waals surface area contributed by atoms with Gasteiger partial charge in [0.15, 0.2) is 0 Å². The normalized spacial score (nSPS) is 10.4. The molecule has 2 aromatic heterocycles. The summed E-state index contributed by atoms with van der Waals surface area (Å²) in [6, 6.07) is 2.00. The van der Waals surface area contributed by atoms with Gasteiger partial charge in [0.2, 0.25) is 0 Å². The van der Waals surface area contributed by atoms with E-state index < -0.39 is 0 Å². The minimum absolute atomic E-state index is 0.762. The Morgan fingerprint density at radius 1 is 1.57 bits per heavy atom. The lowest BCUT2D eigenvalue weighted by Crippen LogP contribution is -2.07. The molecular formula is C8H11N5S. The minimum atomic E-state index is 0.762. The Bertz CT molecular complexity index is 380. The van der Waals surface area contributed by atoms with Crippen molar-refractivity contribution in [2.75, 3.05) is 5.32 Å². The van der Waals surface area contributed by atoms with E-state index in [1.807, 2.05) is 16.9 Å². The first-order chi connectivity index (χ1) is 6.90. The van der Waals surface area contributed by atoms with E-state index in [4.69, 9.17) is 0 Å². The van der Waals surface area contributed by atoms with E-state index in [2.05, 4.69) is 26.9 Å². The van der Waals surface area contributed by atoms with E-state index in [0.717, 1.165) is 18.1 Å². The summed E-state index contributed by atoms with van der Waals surface area (Å²) < 4.78 is 5.73. The van der Waals surface area contributed by atoms with Crippen molar-refractivity contribution in [3.8, 4) is 0 Å². The Morgan fingerprint density at radius 3 is 3.21 bits per heavy atom. The van der Waals surface area contributed by atoms with Crippen LogP contribution in [0.25, 0.3) is 0 Å². The molecule has 0 aromatic carbocycles.